The SMILES string of the molecule is COC(=O)c1c(N(c2ccc(C)c(F)c2)C2CCC2)[nH]c2cc(C#N)ccc12. The number of carbonyl (C=O) groups excluding carboxylic acids is 1. The number of rotatable bonds is 4. The molecule has 0 spiro atoms. The number of aromatic nitrogens is 1. The Kier molecular flexibility index (Phi) is 4.52. The molecule has 1 saturated carbocycles. The molecule has 1 aliphatic rings. The zero-order valence-corrected chi connectivity index (χ0v) is 15.8. The van der Waals surface area contributed by atoms with E-state index < -0.39 is 5.97 Å². The first-order valence-electron chi connectivity index (χ1n) is 9.23. The number of fused-ring (bicyclic) bond motifs is 1. The van der Waals surface area contributed by atoms with Crippen molar-refractivity contribution in [3.8, 4) is 6.07 Å². The van der Waals surface area contributed by atoms with Crippen LogP contribution in [0.1, 0.15) is 40.7 Å². The third-order valence-electron chi connectivity index (χ3n) is 5.41. The monoisotopic (exact) mass is 377 g/mol. The van der Waals surface area contributed by atoms with Crippen LogP contribution in [0.15, 0.2) is 36.4 Å². The highest BCUT2D eigenvalue weighted by atomic mass is 19.1. The van der Waals surface area contributed by atoms with E-state index >= 15 is 0 Å². The maximum Gasteiger partial charge on any atom is 0.342 e. The molecule has 0 aliphatic heterocycles. The minimum absolute atomic E-state index is 0.161. The molecule has 1 fully saturated rings. The molecule has 0 amide bonds. The second-order valence-electron chi connectivity index (χ2n) is 7.10. The van der Waals surface area contributed by atoms with Crippen LogP contribution in [0.2, 0.25) is 0 Å². The number of ether oxygens (including phenoxy) is 1. The van der Waals surface area contributed by atoms with E-state index in [1.165, 1.54) is 13.2 Å². The summed E-state index contributed by atoms with van der Waals surface area (Å²) < 4.78 is 19.3. The molecule has 28 heavy (non-hydrogen) atoms. The van der Waals surface area contributed by atoms with Gasteiger partial charge in [-0.15, -0.1) is 0 Å². The van der Waals surface area contributed by atoms with Crippen molar-refractivity contribution in [1.82, 2.24) is 4.98 Å². The molecule has 0 bridgehead atoms. The second-order valence-corrected chi connectivity index (χ2v) is 7.10. The third kappa shape index (κ3) is 2.89. The van der Waals surface area contributed by atoms with Gasteiger partial charge in [-0.25, -0.2) is 9.18 Å². The number of methoxy groups -OCH3 is 1. The molecule has 2 aromatic carbocycles. The van der Waals surface area contributed by atoms with Crippen molar-refractivity contribution in [2.45, 2.75) is 32.2 Å². The number of anilines is 2. The van der Waals surface area contributed by atoms with Gasteiger partial charge in [-0.1, -0.05) is 12.1 Å². The molecule has 1 heterocycles. The maximum atomic E-state index is 14.3. The number of hydrogen-bond donors (Lipinski definition) is 1. The lowest BCUT2D eigenvalue weighted by molar-refractivity contribution is 0.0603. The summed E-state index contributed by atoms with van der Waals surface area (Å²) in [5.41, 5.74) is 2.82. The predicted octanol–water partition coefficient (Wildman–Crippen LogP) is 4.96. The van der Waals surface area contributed by atoms with E-state index in [9.17, 15) is 14.4 Å². The average Bonchev–Trinajstić information content (AvgIpc) is 3.04. The van der Waals surface area contributed by atoms with Crippen LogP contribution in [0.3, 0.4) is 0 Å². The van der Waals surface area contributed by atoms with E-state index in [0.29, 0.717) is 39.1 Å². The quantitative estimate of drug-likeness (QED) is 0.652. The highest BCUT2D eigenvalue weighted by Gasteiger charge is 2.32. The molecule has 3 aromatic rings. The first kappa shape index (κ1) is 18.1. The van der Waals surface area contributed by atoms with Gasteiger partial charge >= 0.3 is 5.97 Å². The summed E-state index contributed by atoms with van der Waals surface area (Å²) in [7, 11) is 1.34. The fraction of sp³-hybridized carbons (Fsp3) is 0.273. The summed E-state index contributed by atoms with van der Waals surface area (Å²) in [5, 5.41) is 9.88. The number of aryl methyl sites for hydroxylation is 1. The number of carbonyl (C=O) groups is 1. The molecule has 5 nitrogen and oxygen atoms in total. The van der Waals surface area contributed by atoms with Crippen molar-refractivity contribution >= 4 is 28.4 Å². The van der Waals surface area contributed by atoms with Crippen LogP contribution in [-0.2, 0) is 4.74 Å². The van der Waals surface area contributed by atoms with Crippen molar-refractivity contribution in [3.63, 3.8) is 0 Å². The van der Waals surface area contributed by atoms with Gasteiger partial charge in [-0.05, 0) is 56.0 Å². The van der Waals surface area contributed by atoms with Gasteiger partial charge in [0.05, 0.1) is 18.7 Å². The highest BCUT2D eigenvalue weighted by Crippen LogP contribution is 2.40. The topological polar surface area (TPSA) is 69.1 Å². The second kappa shape index (κ2) is 7.01. The molecule has 6 heteroatoms. The van der Waals surface area contributed by atoms with Gasteiger partial charge in [0.1, 0.15) is 17.2 Å². The van der Waals surface area contributed by atoms with Gasteiger partial charge in [-0.3, -0.25) is 0 Å². The van der Waals surface area contributed by atoms with Crippen LogP contribution in [0, 0.1) is 24.1 Å². The average molecular weight is 377 g/mol. The largest absolute Gasteiger partial charge is 0.465 e. The van der Waals surface area contributed by atoms with E-state index in [1.54, 1.807) is 31.2 Å². The van der Waals surface area contributed by atoms with E-state index in [4.69, 9.17) is 4.74 Å². The summed E-state index contributed by atoms with van der Waals surface area (Å²) in [6.07, 6.45) is 2.99. The molecule has 1 aliphatic carbocycles. The summed E-state index contributed by atoms with van der Waals surface area (Å²) in [4.78, 5) is 17.9. The van der Waals surface area contributed by atoms with Gasteiger partial charge in [-0.2, -0.15) is 5.26 Å². The van der Waals surface area contributed by atoms with Crippen molar-refractivity contribution in [3.05, 3.63) is 58.9 Å². The van der Waals surface area contributed by atoms with Crippen molar-refractivity contribution in [2.24, 2.45) is 0 Å². The van der Waals surface area contributed by atoms with Gasteiger partial charge in [0.15, 0.2) is 0 Å². The minimum Gasteiger partial charge on any atom is -0.465 e. The van der Waals surface area contributed by atoms with E-state index in [2.05, 4.69) is 11.1 Å². The van der Waals surface area contributed by atoms with E-state index in [0.717, 1.165) is 19.3 Å². The number of nitriles is 1. The van der Waals surface area contributed by atoms with Crippen LogP contribution in [-0.4, -0.2) is 24.1 Å². The van der Waals surface area contributed by atoms with Crippen LogP contribution in [0.4, 0.5) is 15.9 Å². The molecule has 0 saturated heterocycles. The Balaban J connectivity index is 1.95. The zero-order valence-electron chi connectivity index (χ0n) is 15.8. The lowest BCUT2D eigenvalue weighted by Gasteiger charge is -2.39. The first-order chi connectivity index (χ1) is 13.5. The van der Waals surface area contributed by atoms with E-state index in [1.807, 2.05) is 11.0 Å². The fourth-order valence-electron chi connectivity index (χ4n) is 3.64. The lowest BCUT2D eigenvalue weighted by Crippen LogP contribution is -2.37. The fourth-order valence-corrected chi connectivity index (χ4v) is 3.64. The molecule has 0 atom stereocenters. The normalized spacial score (nSPS) is 13.8. The zero-order chi connectivity index (χ0) is 19.8. The van der Waals surface area contributed by atoms with Crippen molar-refractivity contribution in [1.29, 1.82) is 5.26 Å². The minimum atomic E-state index is -0.470. The van der Waals surface area contributed by atoms with Gasteiger partial charge < -0.3 is 14.6 Å². The molecule has 4 rings (SSSR count). The Hall–Kier alpha value is -3.33. The van der Waals surface area contributed by atoms with Gasteiger partial charge in [0.2, 0.25) is 0 Å². The maximum absolute atomic E-state index is 14.3. The molecular formula is C22H20FN3O2. The molecule has 0 unspecified atom stereocenters. The number of aromatic amines is 1. The highest BCUT2D eigenvalue weighted by molar-refractivity contribution is 6.10. The van der Waals surface area contributed by atoms with Crippen LogP contribution < -0.4 is 4.90 Å². The number of nitrogens with zero attached hydrogens (tertiary/aromatic N) is 2. The van der Waals surface area contributed by atoms with E-state index in [-0.39, 0.29) is 11.9 Å². The van der Waals surface area contributed by atoms with Gasteiger partial charge in [0.25, 0.3) is 0 Å². The number of benzene rings is 2. The van der Waals surface area contributed by atoms with Crippen LogP contribution in [0.5, 0.6) is 0 Å². The smallest absolute Gasteiger partial charge is 0.342 e. The number of halogens is 1. The molecular weight excluding hydrogens is 357 g/mol. The molecule has 0 radical (unpaired) electrons. The summed E-state index contributed by atoms with van der Waals surface area (Å²) in [5.74, 6) is -0.183. The van der Waals surface area contributed by atoms with Crippen LogP contribution in [0.25, 0.3) is 10.9 Å². The molecule has 1 aromatic heterocycles. The standard InChI is InChI=1S/C22H20FN3O2/c1-13-6-8-16(11-18(13)23)26(15-4-3-5-15)21-20(22(27)28-2)17-9-7-14(12-24)10-19(17)25-21/h6-11,15,25H,3-5H2,1-2H3. The predicted molar refractivity (Wildman–Crippen MR) is 105 cm³/mol. The Bertz CT molecular complexity index is 1110. The molecule has 142 valence electrons. The number of nitrogens with one attached hydrogen (secondary N) is 1. The number of esters is 1. The Morgan fingerprint density at radius 3 is 2.68 bits per heavy atom. The van der Waals surface area contributed by atoms with Gasteiger partial charge in [0, 0.05) is 22.6 Å². The lowest BCUT2D eigenvalue weighted by atomic mass is 9.90. The summed E-state index contributed by atoms with van der Waals surface area (Å²) >= 11 is 0. The van der Waals surface area contributed by atoms with Crippen molar-refractivity contribution in [2.75, 3.05) is 12.0 Å². The number of hydrogen-bond acceptors (Lipinski definition) is 4. The van der Waals surface area contributed by atoms with Crippen LogP contribution >= 0.6 is 0 Å². The number of H-pyrrole nitrogens is 1. The molecule has 1 N–H and O–H groups in total. The Labute approximate surface area is 162 Å². The summed E-state index contributed by atoms with van der Waals surface area (Å²) in [6, 6.07) is 12.5. The Morgan fingerprint density at radius 1 is 1.29 bits per heavy atom. The Morgan fingerprint density at radius 2 is 2.07 bits per heavy atom. The third-order valence-corrected chi connectivity index (χ3v) is 5.41. The first-order valence-corrected chi connectivity index (χ1v) is 9.23. The summed E-state index contributed by atoms with van der Waals surface area (Å²) in [6.45, 7) is 1.72. The van der Waals surface area contributed by atoms with Crippen molar-refractivity contribution < 1.29 is 13.9 Å².